The monoisotopic (exact) mass is 315 g/mol. The van der Waals surface area contributed by atoms with Crippen LogP contribution in [0, 0.1) is 17.0 Å². The number of hydrogen-bond donors (Lipinski definition) is 2. The van der Waals surface area contributed by atoms with E-state index in [4.69, 9.17) is 5.73 Å². The zero-order chi connectivity index (χ0) is 15.3. The summed E-state index contributed by atoms with van der Waals surface area (Å²) in [5.74, 6) is -0.343. The van der Waals surface area contributed by atoms with Crippen molar-refractivity contribution in [3.05, 3.63) is 39.4 Å². The van der Waals surface area contributed by atoms with Crippen molar-refractivity contribution < 1.29 is 9.72 Å². The molecule has 0 fully saturated rings. The van der Waals surface area contributed by atoms with Gasteiger partial charge < -0.3 is 11.1 Å². The summed E-state index contributed by atoms with van der Waals surface area (Å²) >= 11 is 0. The van der Waals surface area contributed by atoms with Gasteiger partial charge in [-0.15, -0.1) is 12.4 Å². The summed E-state index contributed by atoms with van der Waals surface area (Å²) < 4.78 is 0. The van der Waals surface area contributed by atoms with Crippen LogP contribution in [0.4, 0.5) is 5.69 Å². The Balaban J connectivity index is 0.00000400. The fourth-order valence-electron chi connectivity index (χ4n) is 1.81. The van der Waals surface area contributed by atoms with E-state index in [1.165, 1.54) is 6.07 Å². The molecule has 0 atom stereocenters. The van der Waals surface area contributed by atoms with E-state index in [9.17, 15) is 14.9 Å². The van der Waals surface area contributed by atoms with Gasteiger partial charge in [0, 0.05) is 29.3 Å². The molecule has 21 heavy (non-hydrogen) atoms. The van der Waals surface area contributed by atoms with Crippen LogP contribution in [-0.2, 0) is 0 Å². The summed E-state index contributed by atoms with van der Waals surface area (Å²) in [5, 5.41) is 13.6. The Hall–Kier alpha value is -1.66. The number of hydrogen-bond acceptors (Lipinski definition) is 4. The highest BCUT2D eigenvalue weighted by Crippen LogP contribution is 2.19. The lowest BCUT2D eigenvalue weighted by molar-refractivity contribution is -0.385. The minimum absolute atomic E-state index is 0. The number of nitro benzene ring substituents is 1. The summed E-state index contributed by atoms with van der Waals surface area (Å²) in [6.07, 6.45) is 1.50. The standard InChI is InChI=1S/C14H21N3O3.ClH/c1-4-14(15,5-2)9-16-13(18)11-7-6-10(3)12(8-11)17(19)20;/h6-8H,4-5,9,15H2,1-3H3,(H,16,18);1H. The molecule has 1 aromatic carbocycles. The first kappa shape index (κ1) is 19.3. The van der Waals surface area contributed by atoms with Gasteiger partial charge in [0.1, 0.15) is 0 Å². The topological polar surface area (TPSA) is 98.3 Å². The highest BCUT2D eigenvalue weighted by molar-refractivity contribution is 5.95. The van der Waals surface area contributed by atoms with Gasteiger partial charge in [0.15, 0.2) is 0 Å². The summed E-state index contributed by atoms with van der Waals surface area (Å²) in [5.41, 5.74) is 6.42. The largest absolute Gasteiger partial charge is 0.350 e. The van der Waals surface area contributed by atoms with E-state index in [-0.39, 0.29) is 29.6 Å². The predicted molar refractivity (Wildman–Crippen MR) is 84.9 cm³/mol. The average molecular weight is 316 g/mol. The molecule has 6 nitrogen and oxygen atoms in total. The molecule has 0 aliphatic heterocycles. The predicted octanol–water partition coefficient (Wildman–Crippen LogP) is 2.57. The van der Waals surface area contributed by atoms with Crippen LogP contribution in [-0.4, -0.2) is 22.9 Å². The first-order valence-electron chi connectivity index (χ1n) is 6.65. The number of nitrogens with two attached hydrogens (primary N) is 1. The molecule has 0 radical (unpaired) electrons. The Kier molecular flexibility index (Phi) is 7.32. The highest BCUT2D eigenvalue weighted by Gasteiger charge is 2.22. The van der Waals surface area contributed by atoms with E-state index in [2.05, 4.69) is 5.32 Å². The lowest BCUT2D eigenvalue weighted by Gasteiger charge is -2.26. The minimum Gasteiger partial charge on any atom is -0.350 e. The normalized spacial score (nSPS) is 10.7. The van der Waals surface area contributed by atoms with Crippen molar-refractivity contribution in [1.29, 1.82) is 0 Å². The van der Waals surface area contributed by atoms with E-state index < -0.39 is 10.5 Å². The number of rotatable bonds is 6. The van der Waals surface area contributed by atoms with Crippen LogP contribution in [0.2, 0.25) is 0 Å². The number of aryl methyl sites for hydroxylation is 1. The van der Waals surface area contributed by atoms with Gasteiger partial charge in [-0.3, -0.25) is 14.9 Å². The van der Waals surface area contributed by atoms with Gasteiger partial charge >= 0.3 is 0 Å². The Morgan fingerprint density at radius 2 is 1.95 bits per heavy atom. The van der Waals surface area contributed by atoms with Gasteiger partial charge in [-0.25, -0.2) is 0 Å². The number of benzene rings is 1. The van der Waals surface area contributed by atoms with Crippen LogP contribution in [0.5, 0.6) is 0 Å². The second-order valence-corrected chi connectivity index (χ2v) is 5.01. The smallest absolute Gasteiger partial charge is 0.273 e. The number of halogens is 1. The van der Waals surface area contributed by atoms with Crippen LogP contribution in [0.25, 0.3) is 0 Å². The molecule has 7 heteroatoms. The summed E-state index contributed by atoms with van der Waals surface area (Å²) in [7, 11) is 0. The molecular formula is C14H22ClN3O3. The van der Waals surface area contributed by atoms with Gasteiger partial charge in [0.2, 0.25) is 0 Å². The van der Waals surface area contributed by atoms with Gasteiger partial charge in [-0.1, -0.05) is 19.9 Å². The van der Waals surface area contributed by atoms with E-state index in [1.807, 2.05) is 13.8 Å². The molecule has 1 aromatic rings. The van der Waals surface area contributed by atoms with E-state index >= 15 is 0 Å². The third-order valence-corrected chi connectivity index (χ3v) is 3.68. The third-order valence-electron chi connectivity index (χ3n) is 3.68. The molecule has 0 saturated heterocycles. The van der Waals surface area contributed by atoms with Crippen molar-refractivity contribution in [2.75, 3.05) is 6.54 Å². The van der Waals surface area contributed by atoms with Crippen molar-refractivity contribution in [1.82, 2.24) is 5.32 Å². The van der Waals surface area contributed by atoms with E-state index in [0.29, 0.717) is 12.1 Å². The molecular weight excluding hydrogens is 294 g/mol. The summed E-state index contributed by atoms with van der Waals surface area (Å²) in [6.45, 7) is 5.91. The fourth-order valence-corrected chi connectivity index (χ4v) is 1.81. The number of nitrogens with one attached hydrogen (secondary N) is 1. The molecule has 0 saturated carbocycles. The van der Waals surface area contributed by atoms with Gasteiger partial charge in [0.05, 0.1) is 4.92 Å². The minimum atomic E-state index is -0.489. The summed E-state index contributed by atoms with van der Waals surface area (Å²) in [4.78, 5) is 22.4. The van der Waals surface area contributed by atoms with E-state index in [1.54, 1.807) is 19.1 Å². The Labute approximate surface area is 130 Å². The van der Waals surface area contributed by atoms with Gasteiger partial charge in [0.25, 0.3) is 11.6 Å². The lowest BCUT2D eigenvalue weighted by Crippen LogP contribution is -2.49. The number of nitrogens with zero attached hydrogens (tertiary/aromatic N) is 1. The van der Waals surface area contributed by atoms with Crippen molar-refractivity contribution in [2.45, 2.75) is 39.2 Å². The SMILES string of the molecule is CCC(N)(CC)CNC(=O)c1ccc(C)c([N+](=O)[O-])c1.Cl. The average Bonchev–Trinajstić information content (AvgIpc) is 2.44. The molecule has 0 aromatic heterocycles. The maximum Gasteiger partial charge on any atom is 0.273 e. The zero-order valence-corrected chi connectivity index (χ0v) is 13.3. The third kappa shape index (κ3) is 4.99. The van der Waals surface area contributed by atoms with Gasteiger partial charge in [-0.05, 0) is 25.8 Å². The molecule has 1 rings (SSSR count). The second-order valence-electron chi connectivity index (χ2n) is 5.01. The van der Waals surface area contributed by atoms with Gasteiger partial charge in [-0.2, -0.15) is 0 Å². The fraction of sp³-hybridized carbons (Fsp3) is 0.500. The van der Waals surface area contributed by atoms with Crippen LogP contribution >= 0.6 is 12.4 Å². The van der Waals surface area contributed by atoms with Crippen molar-refractivity contribution in [3.8, 4) is 0 Å². The first-order chi connectivity index (χ1) is 9.33. The van der Waals surface area contributed by atoms with Crippen molar-refractivity contribution in [3.63, 3.8) is 0 Å². The van der Waals surface area contributed by atoms with Crippen LogP contribution < -0.4 is 11.1 Å². The number of nitro groups is 1. The van der Waals surface area contributed by atoms with E-state index in [0.717, 1.165) is 12.8 Å². The molecule has 0 spiro atoms. The van der Waals surface area contributed by atoms with Crippen molar-refractivity contribution in [2.24, 2.45) is 5.73 Å². The number of carbonyl (C=O) groups is 1. The highest BCUT2D eigenvalue weighted by atomic mass is 35.5. The number of amides is 1. The Bertz CT molecular complexity index is 516. The second kappa shape index (κ2) is 7.95. The summed E-state index contributed by atoms with van der Waals surface area (Å²) in [6, 6.07) is 4.44. The molecule has 0 unspecified atom stereocenters. The molecule has 0 aliphatic rings. The van der Waals surface area contributed by atoms with Crippen LogP contribution in [0.1, 0.15) is 42.6 Å². The lowest BCUT2D eigenvalue weighted by atomic mass is 9.94. The molecule has 0 aliphatic carbocycles. The Morgan fingerprint density at radius 3 is 2.43 bits per heavy atom. The Morgan fingerprint density at radius 1 is 1.38 bits per heavy atom. The number of carbonyl (C=O) groups excluding carboxylic acids is 1. The maximum atomic E-state index is 12.0. The molecule has 118 valence electrons. The molecule has 1 amide bonds. The quantitative estimate of drug-likeness (QED) is 0.622. The van der Waals surface area contributed by atoms with Crippen LogP contribution in [0.3, 0.4) is 0 Å². The van der Waals surface area contributed by atoms with Crippen molar-refractivity contribution >= 4 is 24.0 Å². The molecule has 0 heterocycles. The van der Waals surface area contributed by atoms with Crippen LogP contribution in [0.15, 0.2) is 18.2 Å². The molecule has 3 N–H and O–H groups in total. The zero-order valence-electron chi connectivity index (χ0n) is 12.5. The molecule has 0 bridgehead atoms. The maximum absolute atomic E-state index is 12.0. The first-order valence-corrected chi connectivity index (χ1v) is 6.65.